The van der Waals surface area contributed by atoms with Gasteiger partial charge in [0, 0.05) is 5.56 Å². The third kappa shape index (κ3) is 2.26. The minimum absolute atomic E-state index is 0.00296. The zero-order valence-electron chi connectivity index (χ0n) is 10.9. The molecule has 0 aliphatic heterocycles. The molecule has 1 heterocycles. The van der Waals surface area contributed by atoms with Gasteiger partial charge in [-0.3, -0.25) is 0 Å². The second kappa shape index (κ2) is 5.53. The van der Waals surface area contributed by atoms with Crippen LogP contribution in [0.3, 0.4) is 0 Å². The lowest BCUT2D eigenvalue weighted by Gasteiger charge is -2.06. The van der Waals surface area contributed by atoms with Gasteiger partial charge >= 0.3 is 5.97 Å². The summed E-state index contributed by atoms with van der Waals surface area (Å²) in [7, 11) is 0. The first-order chi connectivity index (χ1) is 9.60. The van der Waals surface area contributed by atoms with Crippen LogP contribution in [0.25, 0.3) is 11.1 Å². The number of nitrogens with zero attached hydrogens (tertiary/aromatic N) is 2. The molecule has 0 radical (unpaired) electrons. The van der Waals surface area contributed by atoms with Gasteiger partial charge in [-0.15, -0.1) is 0 Å². The Balaban J connectivity index is 2.68. The van der Waals surface area contributed by atoms with E-state index in [-0.39, 0.29) is 34.8 Å². The van der Waals surface area contributed by atoms with Crippen LogP contribution in [0, 0.1) is 24.1 Å². The molecule has 1 aromatic carbocycles. The lowest BCUT2D eigenvalue weighted by molar-refractivity contribution is 0.0515. The van der Waals surface area contributed by atoms with E-state index >= 15 is 0 Å². The van der Waals surface area contributed by atoms with Crippen LogP contribution in [-0.2, 0) is 4.74 Å². The highest BCUT2D eigenvalue weighted by atomic mass is 19.1. The van der Waals surface area contributed by atoms with E-state index in [0.717, 1.165) is 0 Å². The van der Waals surface area contributed by atoms with Gasteiger partial charge in [-0.2, -0.15) is 5.26 Å². The normalized spacial score (nSPS) is 10.1. The van der Waals surface area contributed by atoms with E-state index in [2.05, 4.69) is 5.16 Å². The van der Waals surface area contributed by atoms with Crippen molar-refractivity contribution in [1.29, 1.82) is 5.26 Å². The standard InChI is InChI=1S/C14H11FN2O3/c1-3-19-14(18)13-11(8(2)20-17-13)12-9(7-16)5-4-6-10(12)15/h4-6H,3H2,1-2H3. The minimum Gasteiger partial charge on any atom is -0.461 e. The summed E-state index contributed by atoms with van der Waals surface area (Å²) in [4.78, 5) is 11.8. The van der Waals surface area contributed by atoms with Gasteiger partial charge in [-0.1, -0.05) is 11.2 Å². The van der Waals surface area contributed by atoms with E-state index in [4.69, 9.17) is 14.5 Å². The molecule has 0 atom stereocenters. The van der Waals surface area contributed by atoms with Gasteiger partial charge in [-0.05, 0) is 26.0 Å². The predicted molar refractivity (Wildman–Crippen MR) is 67.3 cm³/mol. The van der Waals surface area contributed by atoms with Gasteiger partial charge < -0.3 is 9.26 Å². The highest BCUT2D eigenvalue weighted by Gasteiger charge is 2.26. The second-order valence-electron chi connectivity index (χ2n) is 3.96. The number of hydrogen-bond donors (Lipinski definition) is 0. The number of rotatable bonds is 3. The summed E-state index contributed by atoms with van der Waals surface area (Å²) in [6, 6.07) is 5.97. The SMILES string of the molecule is CCOC(=O)c1noc(C)c1-c1c(F)cccc1C#N. The van der Waals surface area contributed by atoms with Crippen molar-refractivity contribution >= 4 is 5.97 Å². The van der Waals surface area contributed by atoms with Crippen molar-refractivity contribution in [2.45, 2.75) is 13.8 Å². The molecular weight excluding hydrogens is 263 g/mol. The minimum atomic E-state index is -0.716. The fourth-order valence-corrected chi connectivity index (χ4v) is 1.88. The van der Waals surface area contributed by atoms with E-state index < -0.39 is 11.8 Å². The maximum absolute atomic E-state index is 14.0. The molecule has 0 aliphatic carbocycles. The number of aromatic nitrogens is 1. The molecule has 2 rings (SSSR count). The lowest BCUT2D eigenvalue weighted by Crippen LogP contribution is -2.07. The Hall–Kier alpha value is -2.68. The van der Waals surface area contributed by atoms with Crippen LogP contribution < -0.4 is 0 Å². The van der Waals surface area contributed by atoms with Crippen LogP contribution in [0.15, 0.2) is 22.7 Å². The average Bonchev–Trinajstić information content (AvgIpc) is 2.80. The number of carbonyl (C=O) groups excluding carboxylic acids is 1. The maximum atomic E-state index is 14.0. The molecular formula is C14H11FN2O3. The van der Waals surface area contributed by atoms with Crippen molar-refractivity contribution in [3.63, 3.8) is 0 Å². The van der Waals surface area contributed by atoms with Crippen molar-refractivity contribution in [2.24, 2.45) is 0 Å². The van der Waals surface area contributed by atoms with Crippen LogP contribution in [0.5, 0.6) is 0 Å². The number of hydrogen-bond acceptors (Lipinski definition) is 5. The first kappa shape index (κ1) is 13.7. The monoisotopic (exact) mass is 274 g/mol. The Morgan fingerprint density at radius 2 is 2.25 bits per heavy atom. The third-order valence-corrected chi connectivity index (χ3v) is 2.72. The summed E-state index contributed by atoms with van der Waals surface area (Å²) < 4.78 is 23.8. The molecule has 0 unspecified atom stereocenters. The molecule has 0 saturated heterocycles. The molecule has 2 aromatic rings. The summed E-state index contributed by atoms with van der Waals surface area (Å²) in [5, 5.41) is 12.7. The third-order valence-electron chi connectivity index (χ3n) is 2.72. The number of halogens is 1. The van der Waals surface area contributed by atoms with E-state index in [1.807, 2.05) is 6.07 Å². The molecule has 0 bridgehead atoms. The molecule has 102 valence electrons. The summed E-state index contributed by atoms with van der Waals surface area (Å²) in [5.41, 5.74) is 0.114. The number of ether oxygens (including phenoxy) is 1. The summed E-state index contributed by atoms with van der Waals surface area (Å²) in [5.74, 6) is -1.10. The van der Waals surface area contributed by atoms with Crippen molar-refractivity contribution in [3.8, 4) is 17.2 Å². The number of nitriles is 1. The lowest BCUT2D eigenvalue weighted by atomic mass is 9.98. The molecule has 0 spiro atoms. The molecule has 0 fully saturated rings. The summed E-state index contributed by atoms with van der Waals surface area (Å²) >= 11 is 0. The van der Waals surface area contributed by atoms with Gasteiger partial charge in [-0.25, -0.2) is 9.18 Å². The van der Waals surface area contributed by atoms with Crippen molar-refractivity contribution in [3.05, 3.63) is 41.0 Å². The van der Waals surface area contributed by atoms with Crippen molar-refractivity contribution < 1.29 is 18.4 Å². The highest BCUT2D eigenvalue weighted by molar-refractivity contribution is 5.96. The van der Waals surface area contributed by atoms with Crippen LogP contribution in [0.4, 0.5) is 4.39 Å². The number of benzene rings is 1. The largest absolute Gasteiger partial charge is 0.461 e. The Bertz CT molecular complexity index is 701. The fraction of sp³-hybridized carbons (Fsp3) is 0.214. The van der Waals surface area contributed by atoms with E-state index in [1.165, 1.54) is 18.2 Å². The fourth-order valence-electron chi connectivity index (χ4n) is 1.88. The molecule has 0 saturated carbocycles. The average molecular weight is 274 g/mol. The molecule has 6 heteroatoms. The first-order valence-corrected chi connectivity index (χ1v) is 5.92. The van der Waals surface area contributed by atoms with E-state index in [9.17, 15) is 9.18 Å². The molecule has 0 aliphatic rings. The Kier molecular flexibility index (Phi) is 3.80. The summed E-state index contributed by atoms with van der Waals surface area (Å²) in [6.45, 7) is 3.35. The van der Waals surface area contributed by atoms with Gasteiger partial charge in [0.05, 0.1) is 23.8 Å². The van der Waals surface area contributed by atoms with Gasteiger partial charge in [0.15, 0.2) is 5.69 Å². The molecule has 0 amide bonds. The van der Waals surface area contributed by atoms with E-state index in [1.54, 1.807) is 13.8 Å². The smallest absolute Gasteiger partial charge is 0.361 e. The number of carbonyl (C=O) groups is 1. The molecule has 20 heavy (non-hydrogen) atoms. The molecule has 5 nitrogen and oxygen atoms in total. The molecule has 0 N–H and O–H groups in total. The van der Waals surface area contributed by atoms with Crippen LogP contribution in [0.2, 0.25) is 0 Å². The zero-order chi connectivity index (χ0) is 14.7. The first-order valence-electron chi connectivity index (χ1n) is 5.92. The van der Waals surface area contributed by atoms with Crippen molar-refractivity contribution in [1.82, 2.24) is 5.16 Å². The van der Waals surface area contributed by atoms with Crippen molar-refractivity contribution in [2.75, 3.05) is 6.61 Å². The molecule has 1 aromatic heterocycles. The van der Waals surface area contributed by atoms with Gasteiger partial charge in [0.2, 0.25) is 0 Å². The van der Waals surface area contributed by atoms with Gasteiger partial charge in [0.1, 0.15) is 11.6 Å². The quantitative estimate of drug-likeness (QED) is 0.804. The Morgan fingerprint density at radius 3 is 2.90 bits per heavy atom. The van der Waals surface area contributed by atoms with E-state index in [0.29, 0.717) is 0 Å². The zero-order valence-corrected chi connectivity index (χ0v) is 10.9. The topological polar surface area (TPSA) is 76.1 Å². The Morgan fingerprint density at radius 1 is 1.50 bits per heavy atom. The number of aryl methyl sites for hydroxylation is 1. The number of esters is 1. The van der Waals surface area contributed by atoms with Gasteiger partial charge in [0.25, 0.3) is 0 Å². The highest BCUT2D eigenvalue weighted by Crippen LogP contribution is 2.32. The maximum Gasteiger partial charge on any atom is 0.361 e. The van der Waals surface area contributed by atoms with Crippen LogP contribution in [0.1, 0.15) is 28.7 Å². The predicted octanol–water partition coefficient (Wildman–Crippen LogP) is 2.84. The second-order valence-corrected chi connectivity index (χ2v) is 3.96. The van der Waals surface area contributed by atoms with Crippen LogP contribution >= 0.6 is 0 Å². The van der Waals surface area contributed by atoms with Crippen LogP contribution in [-0.4, -0.2) is 17.7 Å². The summed E-state index contributed by atoms with van der Waals surface area (Å²) in [6.07, 6.45) is 0. The Labute approximate surface area is 114 Å².